The summed E-state index contributed by atoms with van der Waals surface area (Å²) in [5.74, 6) is 1.04. The minimum Gasteiger partial charge on any atom is -0.469 e. The summed E-state index contributed by atoms with van der Waals surface area (Å²) in [7, 11) is 2.18. The predicted octanol–water partition coefficient (Wildman–Crippen LogP) is 2.15. The molecule has 2 rings (SSSR count). The van der Waals surface area contributed by atoms with E-state index >= 15 is 0 Å². The van der Waals surface area contributed by atoms with Crippen LogP contribution >= 0.6 is 0 Å². The van der Waals surface area contributed by atoms with Gasteiger partial charge >= 0.3 is 0 Å². The topological polar surface area (TPSA) is 42.4 Å². The van der Waals surface area contributed by atoms with Crippen LogP contribution in [0.15, 0.2) is 16.7 Å². The maximum atomic E-state index is 5.66. The summed E-state index contributed by atoms with van der Waals surface area (Å²) in [6.07, 6.45) is 5.63. The summed E-state index contributed by atoms with van der Waals surface area (Å²) in [5.41, 5.74) is 7.48. The first-order valence-corrected chi connectivity index (χ1v) is 6.07. The van der Waals surface area contributed by atoms with Crippen molar-refractivity contribution in [3.8, 4) is 0 Å². The van der Waals surface area contributed by atoms with E-state index in [1.807, 2.05) is 6.92 Å². The van der Waals surface area contributed by atoms with Gasteiger partial charge in [0, 0.05) is 18.7 Å². The molecule has 1 aliphatic carbocycles. The van der Waals surface area contributed by atoms with Gasteiger partial charge in [-0.3, -0.25) is 0 Å². The van der Waals surface area contributed by atoms with E-state index in [1.165, 1.54) is 24.8 Å². The zero-order valence-electron chi connectivity index (χ0n) is 10.3. The zero-order chi connectivity index (χ0) is 11.6. The lowest BCUT2D eigenvalue weighted by molar-refractivity contribution is 0.247. The Labute approximate surface area is 97.6 Å². The summed E-state index contributed by atoms with van der Waals surface area (Å²) in [4.78, 5) is 2.39. The van der Waals surface area contributed by atoms with Gasteiger partial charge in [-0.05, 0) is 51.3 Å². The molecule has 0 unspecified atom stereocenters. The Kier molecular flexibility index (Phi) is 3.36. The van der Waals surface area contributed by atoms with Crippen LogP contribution in [0.25, 0.3) is 0 Å². The third kappa shape index (κ3) is 2.66. The summed E-state index contributed by atoms with van der Waals surface area (Å²) in [6, 6.07) is 2.06. The minimum atomic E-state index is 0.529. The second-order valence-corrected chi connectivity index (χ2v) is 5.21. The fourth-order valence-corrected chi connectivity index (χ4v) is 2.46. The van der Waals surface area contributed by atoms with E-state index in [2.05, 4.69) is 18.0 Å². The average molecular weight is 222 g/mol. The third-order valence-corrected chi connectivity index (χ3v) is 3.64. The van der Waals surface area contributed by atoms with E-state index < -0.39 is 0 Å². The van der Waals surface area contributed by atoms with Gasteiger partial charge < -0.3 is 15.1 Å². The third-order valence-electron chi connectivity index (χ3n) is 3.64. The van der Waals surface area contributed by atoms with Crippen molar-refractivity contribution in [3.05, 3.63) is 23.7 Å². The molecule has 0 amide bonds. The molecule has 1 heterocycles. The van der Waals surface area contributed by atoms with Crippen molar-refractivity contribution in [2.45, 2.75) is 32.7 Å². The number of nitrogens with two attached hydrogens (primary N) is 1. The minimum absolute atomic E-state index is 0.529. The van der Waals surface area contributed by atoms with E-state index in [0.717, 1.165) is 25.4 Å². The van der Waals surface area contributed by atoms with Gasteiger partial charge in [0.1, 0.15) is 5.76 Å². The van der Waals surface area contributed by atoms with Crippen LogP contribution in [0.5, 0.6) is 0 Å². The van der Waals surface area contributed by atoms with Crippen LogP contribution in [0.1, 0.15) is 30.6 Å². The Bertz CT molecular complexity index is 341. The van der Waals surface area contributed by atoms with Crippen molar-refractivity contribution in [2.24, 2.45) is 11.1 Å². The second kappa shape index (κ2) is 4.60. The van der Waals surface area contributed by atoms with Crippen LogP contribution in [-0.2, 0) is 6.54 Å². The summed E-state index contributed by atoms with van der Waals surface area (Å²) in [5, 5.41) is 0. The number of nitrogens with zero attached hydrogens (tertiary/aromatic N) is 1. The molecule has 1 aliphatic rings. The van der Waals surface area contributed by atoms with Crippen molar-refractivity contribution < 1.29 is 4.42 Å². The molecule has 1 saturated carbocycles. The lowest BCUT2D eigenvalue weighted by Crippen LogP contribution is -2.28. The van der Waals surface area contributed by atoms with E-state index in [1.54, 1.807) is 6.26 Å². The van der Waals surface area contributed by atoms with Gasteiger partial charge in [-0.2, -0.15) is 0 Å². The second-order valence-electron chi connectivity index (χ2n) is 5.21. The van der Waals surface area contributed by atoms with E-state index in [-0.39, 0.29) is 0 Å². The van der Waals surface area contributed by atoms with Gasteiger partial charge in [-0.15, -0.1) is 0 Å². The molecule has 3 heteroatoms. The molecule has 90 valence electrons. The normalized spacial score (nSPS) is 18.0. The molecule has 0 aliphatic heterocycles. The van der Waals surface area contributed by atoms with E-state index in [9.17, 15) is 0 Å². The molecule has 3 nitrogen and oxygen atoms in total. The van der Waals surface area contributed by atoms with Crippen LogP contribution in [0.3, 0.4) is 0 Å². The van der Waals surface area contributed by atoms with Crippen molar-refractivity contribution in [2.75, 3.05) is 20.1 Å². The molecule has 1 fully saturated rings. The first kappa shape index (κ1) is 11.7. The fraction of sp³-hybridized carbons (Fsp3) is 0.692. The monoisotopic (exact) mass is 222 g/mol. The highest BCUT2D eigenvalue weighted by Crippen LogP contribution is 2.48. The molecule has 0 atom stereocenters. The highest BCUT2D eigenvalue weighted by atomic mass is 16.3. The molecule has 1 aromatic rings. The molecule has 16 heavy (non-hydrogen) atoms. The fourth-order valence-electron chi connectivity index (χ4n) is 2.46. The van der Waals surface area contributed by atoms with Crippen LogP contribution < -0.4 is 5.73 Å². The van der Waals surface area contributed by atoms with Crippen LogP contribution in [0, 0.1) is 12.3 Å². The number of aryl methyl sites for hydroxylation is 1. The van der Waals surface area contributed by atoms with Gasteiger partial charge in [-0.1, -0.05) is 0 Å². The smallest absolute Gasteiger partial charge is 0.105 e. The maximum Gasteiger partial charge on any atom is 0.105 e. The molecular formula is C13H22N2O. The molecule has 0 saturated heterocycles. The summed E-state index contributed by atoms with van der Waals surface area (Å²) in [6.45, 7) is 4.98. The molecule has 0 spiro atoms. The predicted molar refractivity (Wildman–Crippen MR) is 65.1 cm³/mol. The highest BCUT2D eigenvalue weighted by Gasteiger charge is 2.42. The number of hydrogen-bond acceptors (Lipinski definition) is 3. The number of hydrogen-bond donors (Lipinski definition) is 1. The van der Waals surface area contributed by atoms with Crippen molar-refractivity contribution in [1.82, 2.24) is 4.90 Å². The van der Waals surface area contributed by atoms with E-state index in [4.69, 9.17) is 10.2 Å². The molecule has 2 N–H and O–H groups in total. The standard InChI is InChI=1S/C13H22N2O/c1-11-12(3-8-16-11)9-15(2)10-13(4-5-13)6-7-14/h3,8H,4-7,9-10,14H2,1-2H3. The van der Waals surface area contributed by atoms with Gasteiger partial charge in [0.25, 0.3) is 0 Å². The Morgan fingerprint density at radius 1 is 1.50 bits per heavy atom. The molecule has 0 bridgehead atoms. The molecular weight excluding hydrogens is 200 g/mol. The number of rotatable bonds is 6. The lowest BCUT2D eigenvalue weighted by atomic mass is 10.0. The van der Waals surface area contributed by atoms with Crippen molar-refractivity contribution >= 4 is 0 Å². The Morgan fingerprint density at radius 2 is 2.25 bits per heavy atom. The first-order valence-electron chi connectivity index (χ1n) is 6.07. The summed E-state index contributed by atoms with van der Waals surface area (Å²) >= 11 is 0. The molecule has 0 aromatic carbocycles. The van der Waals surface area contributed by atoms with Gasteiger partial charge in [0.2, 0.25) is 0 Å². The Balaban J connectivity index is 1.85. The van der Waals surface area contributed by atoms with Crippen LogP contribution in [0.4, 0.5) is 0 Å². The van der Waals surface area contributed by atoms with Gasteiger partial charge in [0.15, 0.2) is 0 Å². The number of furan rings is 1. The zero-order valence-corrected chi connectivity index (χ0v) is 10.3. The van der Waals surface area contributed by atoms with Gasteiger partial charge in [-0.25, -0.2) is 0 Å². The Hall–Kier alpha value is -0.800. The van der Waals surface area contributed by atoms with Crippen LogP contribution in [0.2, 0.25) is 0 Å². The average Bonchev–Trinajstić information content (AvgIpc) is 2.85. The SMILES string of the molecule is Cc1occc1CN(C)CC1(CCN)CC1. The van der Waals surface area contributed by atoms with Crippen molar-refractivity contribution in [1.29, 1.82) is 0 Å². The highest BCUT2D eigenvalue weighted by molar-refractivity contribution is 5.15. The molecule has 0 radical (unpaired) electrons. The lowest BCUT2D eigenvalue weighted by Gasteiger charge is -2.23. The maximum absolute atomic E-state index is 5.66. The summed E-state index contributed by atoms with van der Waals surface area (Å²) < 4.78 is 5.31. The first-order chi connectivity index (χ1) is 7.65. The Morgan fingerprint density at radius 3 is 2.75 bits per heavy atom. The van der Waals surface area contributed by atoms with Gasteiger partial charge in [0.05, 0.1) is 6.26 Å². The largest absolute Gasteiger partial charge is 0.469 e. The van der Waals surface area contributed by atoms with Crippen molar-refractivity contribution in [3.63, 3.8) is 0 Å². The molecule has 1 aromatic heterocycles. The quantitative estimate of drug-likeness (QED) is 0.802. The van der Waals surface area contributed by atoms with Crippen LogP contribution in [-0.4, -0.2) is 25.0 Å². The van der Waals surface area contributed by atoms with E-state index in [0.29, 0.717) is 5.41 Å².